The fourth-order valence-corrected chi connectivity index (χ4v) is 4.50. The number of hydrogen-bond donors (Lipinski definition) is 1. The molecule has 1 heterocycles. The molecule has 0 aliphatic carbocycles. The molecule has 196 valence electrons. The maximum atomic E-state index is 12.5. The molecule has 1 amide bonds. The normalized spacial score (nSPS) is 10.6. The Hall–Kier alpha value is -4.17. The molecule has 0 fully saturated rings. The zero-order chi connectivity index (χ0) is 26.9. The van der Waals surface area contributed by atoms with Crippen molar-refractivity contribution < 1.29 is 19.0 Å². The number of fused-ring (bicyclic) bond motifs is 1. The van der Waals surface area contributed by atoms with E-state index in [1.165, 1.54) is 5.56 Å². The third-order valence-corrected chi connectivity index (χ3v) is 6.43. The summed E-state index contributed by atoms with van der Waals surface area (Å²) in [6, 6.07) is 23.2. The lowest BCUT2D eigenvalue weighted by Gasteiger charge is -2.24. The van der Waals surface area contributed by atoms with E-state index in [9.17, 15) is 4.79 Å². The molecule has 3 aromatic carbocycles. The molecule has 7 nitrogen and oxygen atoms in total. The van der Waals surface area contributed by atoms with Crippen LogP contribution in [0, 0.1) is 0 Å². The molecule has 0 saturated heterocycles. The van der Waals surface area contributed by atoms with Crippen LogP contribution in [-0.4, -0.2) is 36.8 Å². The van der Waals surface area contributed by atoms with Crippen molar-refractivity contribution in [1.29, 1.82) is 0 Å². The van der Waals surface area contributed by atoms with Crippen molar-refractivity contribution in [3.8, 4) is 23.0 Å². The summed E-state index contributed by atoms with van der Waals surface area (Å²) in [4.78, 5) is 18.8. The Morgan fingerprint density at radius 3 is 2.34 bits per heavy atom. The number of amides is 1. The lowest BCUT2D eigenvalue weighted by Crippen LogP contribution is -2.42. The average molecular weight is 530 g/mol. The average Bonchev–Trinajstić information content (AvgIpc) is 2.94. The standard InChI is InChI=1S/C30H31N3O4S/c1-4-33(30(38)32-29(34)12-8-11-21-9-6-5-7-10-21)22-13-15-23(16-14-22)37-26-17-18-31-25-20-28(36-3)27(35-2)19-24(25)26/h5-7,9-10,13-20H,4,8,11-12H2,1-3H3,(H,32,34,38). The van der Waals surface area contributed by atoms with Gasteiger partial charge >= 0.3 is 0 Å². The van der Waals surface area contributed by atoms with Crippen molar-refractivity contribution in [1.82, 2.24) is 10.3 Å². The van der Waals surface area contributed by atoms with Crippen LogP contribution in [0.4, 0.5) is 5.69 Å². The Morgan fingerprint density at radius 1 is 0.947 bits per heavy atom. The van der Waals surface area contributed by atoms with Gasteiger partial charge in [0.25, 0.3) is 0 Å². The summed E-state index contributed by atoms with van der Waals surface area (Å²) in [5.74, 6) is 2.42. The van der Waals surface area contributed by atoms with Crippen LogP contribution >= 0.6 is 12.2 Å². The fourth-order valence-electron chi connectivity index (χ4n) is 4.15. The molecule has 1 N–H and O–H groups in total. The number of ether oxygens (including phenoxy) is 3. The third kappa shape index (κ3) is 6.58. The van der Waals surface area contributed by atoms with Gasteiger partial charge in [-0.25, -0.2) is 0 Å². The summed E-state index contributed by atoms with van der Waals surface area (Å²) in [6.07, 6.45) is 3.72. The fraction of sp³-hybridized carbons (Fsp3) is 0.233. The van der Waals surface area contributed by atoms with Gasteiger partial charge in [0, 0.05) is 36.3 Å². The summed E-state index contributed by atoms with van der Waals surface area (Å²) in [5, 5.41) is 4.06. The molecule has 0 aliphatic rings. The van der Waals surface area contributed by atoms with Crippen molar-refractivity contribution in [3.63, 3.8) is 0 Å². The monoisotopic (exact) mass is 529 g/mol. The second-order valence-electron chi connectivity index (χ2n) is 8.57. The van der Waals surface area contributed by atoms with E-state index in [1.807, 2.05) is 72.5 Å². The SMILES string of the molecule is CCN(C(=S)NC(=O)CCCc1ccccc1)c1ccc(Oc2ccnc3cc(OC)c(OC)cc23)cc1. The molecule has 0 radical (unpaired) electrons. The van der Waals surface area contributed by atoms with Gasteiger partial charge in [-0.2, -0.15) is 0 Å². The van der Waals surface area contributed by atoms with E-state index in [0.29, 0.717) is 41.1 Å². The highest BCUT2D eigenvalue weighted by atomic mass is 32.1. The molecule has 4 aromatic rings. The largest absolute Gasteiger partial charge is 0.493 e. The highest BCUT2D eigenvalue weighted by Gasteiger charge is 2.15. The zero-order valence-electron chi connectivity index (χ0n) is 21.8. The van der Waals surface area contributed by atoms with Crippen molar-refractivity contribution >= 4 is 39.8 Å². The van der Waals surface area contributed by atoms with Crippen LogP contribution < -0.4 is 24.4 Å². The highest BCUT2D eigenvalue weighted by Crippen LogP contribution is 2.37. The number of carbonyl (C=O) groups is 1. The van der Waals surface area contributed by atoms with Crippen molar-refractivity contribution in [2.75, 3.05) is 25.7 Å². The number of nitrogens with one attached hydrogen (secondary N) is 1. The number of thiocarbonyl (C=S) groups is 1. The van der Waals surface area contributed by atoms with E-state index in [2.05, 4.69) is 22.4 Å². The number of rotatable bonds is 10. The lowest BCUT2D eigenvalue weighted by molar-refractivity contribution is -0.119. The van der Waals surface area contributed by atoms with Gasteiger partial charge in [-0.3, -0.25) is 9.78 Å². The molecule has 8 heteroatoms. The summed E-state index contributed by atoms with van der Waals surface area (Å²) in [7, 11) is 3.19. The maximum Gasteiger partial charge on any atom is 0.226 e. The zero-order valence-corrected chi connectivity index (χ0v) is 22.6. The molecule has 0 aliphatic heterocycles. The summed E-state index contributed by atoms with van der Waals surface area (Å²) >= 11 is 5.55. The van der Waals surface area contributed by atoms with Crippen molar-refractivity contribution in [3.05, 3.63) is 84.6 Å². The maximum absolute atomic E-state index is 12.5. The van der Waals surface area contributed by atoms with E-state index in [1.54, 1.807) is 20.4 Å². The number of anilines is 1. The Bertz CT molecular complexity index is 1390. The highest BCUT2D eigenvalue weighted by molar-refractivity contribution is 7.80. The minimum Gasteiger partial charge on any atom is -0.493 e. The Labute approximate surface area is 228 Å². The summed E-state index contributed by atoms with van der Waals surface area (Å²) in [6.45, 7) is 2.60. The number of pyridine rings is 1. The van der Waals surface area contributed by atoms with Crippen LogP contribution in [0.1, 0.15) is 25.3 Å². The number of benzene rings is 3. The second-order valence-corrected chi connectivity index (χ2v) is 8.95. The smallest absolute Gasteiger partial charge is 0.226 e. The number of aryl methyl sites for hydroxylation is 1. The predicted octanol–water partition coefficient (Wildman–Crippen LogP) is 6.29. The van der Waals surface area contributed by atoms with Crippen LogP contribution in [0.3, 0.4) is 0 Å². The van der Waals surface area contributed by atoms with Gasteiger partial charge in [-0.1, -0.05) is 30.3 Å². The molecule has 0 atom stereocenters. The molecule has 0 saturated carbocycles. The van der Waals surface area contributed by atoms with Gasteiger partial charge < -0.3 is 24.4 Å². The molecule has 38 heavy (non-hydrogen) atoms. The Kier molecular flexibility index (Phi) is 9.11. The first-order chi connectivity index (χ1) is 18.5. The van der Waals surface area contributed by atoms with Gasteiger partial charge in [0.1, 0.15) is 11.5 Å². The first kappa shape index (κ1) is 26.9. The van der Waals surface area contributed by atoms with Crippen molar-refractivity contribution in [2.45, 2.75) is 26.2 Å². The second kappa shape index (κ2) is 12.9. The van der Waals surface area contributed by atoms with E-state index in [0.717, 1.165) is 29.4 Å². The quantitative estimate of drug-likeness (QED) is 0.242. The molecular formula is C30H31N3O4S. The minimum absolute atomic E-state index is 0.0824. The van der Waals surface area contributed by atoms with E-state index < -0.39 is 0 Å². The Morgan fingerprint density at radius 2 is 1.66 bits per heavy atom. The number of aromatic nitrogens is 1. The van der Waals surface area contributed by atoms with Crippen LogP contribution in [0.2, 0.25) is 0 Å². The molecule has 0 bridgehead atoms. The summed E-state index contributed by atoms with van der Waals surface area (Å²) in [5.41, 5.74) is 2.82. The number of methoxy groups -OCH3 is 2. The first-order valence-electron chi connectivity index (χ1n) is 12.5. The van der Waals surface area contributed by atoms with Gasteiger partial charge in [0.05, 0.1) is 19.7 Å². The lowest BCUT2D eigenvalue weighted by atomic mass is 10.1. The molecule has 4 rings (SSSR count). The van der Waals surface area contributed by atoms with Crippen LogP contribution in [0.25, 0.3) is 10.9 Å². The number of hydrogen-bond acceptors (Lipinski definition) is 6. The van der Waals surface area contributed by atoms with E-state index >= 15 is 0 Å². The molecule has 0 unspecified atom stereocenters. The molecule has 1 aromatic heterocycles. The minimum atomic E-state index is -0.0824. The number of nitrogens with zero attached hydrogens (tertiary/aromatic N) is 2. The van der Waals surface area contributed by atoms with Crippen LogP contribution in [-0.2, 0) is 11.2 Å². The van der Waals surface area contributed by atoms with Gasteiger partial charge in [0.15, 0.2) is 16.6 Å². The van der Waals surface area contributed by atoms with Crippen molar-refractivity contribution in [2.24, 2.45) is 0 Å². The van der Waals surface area contributed by atoms with Crippen LogP contribution in [0.5, 0.6) is 23.0 Å². The molecular weight excluding hydrogens is 498 g/mol. The topological polar surface area (TPSA) is 72.9 Å². The van der Waals surface area contributed by atoms with E-state index in [4.69, 9.17) is 26.4 Å². The number of carbonyl (C=O) groups excluding carboxylic acids is 1. The van der Waals surface area contributed by atoms with Gasteiger partial charge in [0.2, 0.25) is 5.91 Å². The van der Waals surface area contributed by atoms with Gasteiger partial charge in [-0.15, -0.1) is 0 Å². The summed E-state index contributed by atoms with van der Waals surface area (Å²) < 4.78 is 17.0. The first-order valence-corrected chi connectivity index (χ1v) is 12.9. The third-order valence-electron chi connectivity index (χ3n) is 6.10. The predicted molar refractivity (Wildman–Crippen MR) is 155 cm³/mol. The van der Waals surface area contributed by atoms with E-state index in [-0.39, 0.29) is 5.91 Å². The Balaban J connectivity index is 1.39. The van der Waals surface area contributed by atoms with Crippen LogP contribution in [0.15, 0.2) is 79.0 Å². The van der Waals surface area contributed by atoms with Gasteiger partial charge in [-0.05, 0) is 73.9 Å². The molecule has 0 spiro atoms.